The van der Waals surface area contributed by atoms with Crippen LogP contribution in [-0.2, 0) is 0 Å². The zero-order valence-corrected chi connectivity index (χ0v) is 10.4. The Morgan fingerprint density at radius 2 is 1.94 bits per heavy atom. The van der Waals surface area contributed by atoms with Crippen LogP contribution in [0, 0.1) is 13.8 Å². The Bertz CT molecular complexity index is 728. The second-order valence-electron chi connectivity index (χ2n) is 4.51. The third-order valence-electron chi connectivity index (χ3n) is 3.15. The van der Waals surface area contributed by atoms with Crippen LogP contribution < -0.4 is 5.73 Å². The minimum absolute atomic E-state index is 0.625. The van der Waals surface area contributed by atoms with Crippen LogP contribution in [0.4, 0.5) is 5.69 Å². The van der Waals surface area contributed by atoms with Crippen molar-refractivity contribution in [1.29, 1.82) is 0 Å². The Labute approximate surface area is 105 Å². The van der Waals surface area contributed by atoms with E-state index < -0.39 is 0 Å². The van der Waals surface area contributed by atoms with Crippen molar-refractivity contribution in [3.05, 3.63) is 47.5 Å². The summed E-state index contributed by atoms with van der Waals surface area (Å²) >= 11 is 0. The van der Waals surface area contributed by atoms with Crippen LogP contribution in [0.5, 0.6) is 0 Å². The molecular formula is C15H14N2O. The van der Waals surface area contributed by atoms with Gasteiger partial charge < -0.3 is 10.2 Å². The molecule has 0 spiro atoms. The molecule has 0 bridgehead atoms. The van der Waals surface area contributed by atoms with Crippen LogP contribution >= 0.6 is 0 Å². The molecule has 0 aliphatic heterocycles. The van der Waals surface area contributed by atoms with E-state index in [-0.39, 0.29) is 0 Å². The van der Waals surface area contributed by atoms with E-state index in [1.165, 1.54) is 0 Å². The second kappa shape index (κ2) is 3.88. The molecule has 2 N–H and O–H groups in total. The number of nitrogen functional groups attached to an aromatic ring is 1. The molecule has 0 saturated heterocycles. The van der Waals surface area contributed by atoms with E-state index in [4.69, 9.17) is 10.2 Å². The van der Waals surface area contributed by atoms with Crippen molar-refractivity contribution >= 4 is 16.8 Å². The molecule has 0 unspecified atom stereocenters. The minimum Gasteiger partial charge on any atom is -0.436 e. The van der Waals surface area contributed by atoms with E-state index in [1.54, 1.807) is 0 Å². The van der Waals surface area contributed by atoms with Crippen molar-refractivity contribution < 1.29 is 4.42 Å². The highest BCUT2D eigenvalue weighted by molar-refractivity contribution is 5.78. The number of aromatic nitrogens is 1. The predicted molar refractivity (Wildman–Crippen MR) is 73.3 cm³/mol. The lowest BCUT2D eigenvalue weighted by Crippen LogP contribution is -1.91. The first-order valence-corrected chi connectivity index (χ1v) is 5.88. The zero-order valence-electron chi connectivity index (χ0n) is 10.4. The van der Waals surface area contributed by atoms with E-state index in [9.17, 15) is 0 Å². The van der Waals surface area contributed by atoms with Gasteiger partial charge >= 0.3 is 0 Å². The number of fused-ring (bicyclic) bond motifs is 1. The molecule has 1 aromatic heterocycles. The normalized spacial score (nSPS) is 11.0. The maximum atomic E-state index is 5.91. The number of aryl methyl sites for hydroxylation is 1. The Kier molecular flexibility index (Phi) is 2.33. The summed E-state index contributed by atoms with van der Waals surface area (Å²) in [6.45, 7) is 4.01. The highest BCUT2D eigenvalue weighted by atomic mass is 16.3. The van der Waals surface area contributed by atoms with E-state index >= 15 is 0 Å². The molecule has 3 rings (SSSR count). The van der Waals surface area contributed by atoms with Gasteiger partial charge in [-0.05, 0) is 49.2 Å². The fourth-order valence-electron chi connectivity index (χ4n) is 2.03. The zero-order chi connectivity index (χ0) is 12.7. The van der Waals surface area contributed by atoms with Crippen molar-refractivity contribution in [3.8, 4) is 11.5 Å². The van der Waals surface area contributed by atoms with Gasteiger partial charge in [0.25, 0.3) is 0 Å². The monoisotopic (exact) mass is 238 g/mol. The van der Waals surface area contributed by atoms with Crippen LogP contribution in [0.25, 0.3) is 22.6 Å². The van der Waals surface area contributed by atoms with E-state index in [2.05, 4.69) is 4.98 Å². The van der Waals surface area contributed by atoms with Crippen molar-refractivity contribution in [2.75, 3.05) is 5.73 Å². The van der Waals surface area contributed by atoms with Gasteiger partial charge in [-0.3, -0.25) is 0 Å². The molecule has 0 fully saturated rings. The van der Waals surface area contributed by atoms with Crippen LogP contribution in [-0.4, -0.2) is 4.98 Å². The Hall–Kier alpha value is -2.29. The standard InChI is InChI=1S/C15H14N2O/c1-9-6-7-13-14(8-9)18-15(17-13)11-4-3-5-12(16)10(11)2/h3-8H,16H2,1-2H3. The topological polar surface area (TPSA) is 52.0 Å². The van der Waals surface area contributed by atoms with Gasteiger partial charge in [-0.25, -0.2) is 4.98 Å². The van der Waals surface area contributed by atoms with Gasteiger partial charge in [-0.1, -0.05) is 12.1 Å². The molecule has 0 amide bonds. The number of nitrogens with zero attached hydrogens (tertiary/aromatic N) is 1. The van der Waals surface area contributed by atoms with Crippen LogP contribution in [0.3, 0.4) is 0 Å². The summed E-state index contributed by atoms with van der Waals surface area (Å²) in [5, 5.41) is 0. The predicted octanol–water partition coefficient (Wildman–Crippen LogP) is 3.69. The quantitative estimate of drug-likeness (QED) is 0.658. The van der Waals surface area contributed by atoms with Gasteiger partial charge in [-0.2, -0.15) is 0 Å². The minimum atomic E-state index is 0.625. The molecule has 0 radical (unpaired) electrons. The van der Waals surface area contributed by atoms with Gasteiger partial charge in [-0.15, -0.1) is 0 Å². The van der Waals surface area contributed by atoms with Crippen molar-refractivity contribution in [1.82, 2.24) is 4.98 Å². The fourth-order valence-corrected chi connectivity index (χ4v) is 2.03. The fraction of sp³-hybridized carbons (Fsp3) is 0.133. The first kappa shape index (κ1) is 10.8. The number of rotatable bonds is 1. The molecule has 1 heterocycles. The Morgan fingerprint density at radius 3 is 2.78 bits per heavy atom. The highest BCUT2D eigenvalue weighted by Gasteiger charge is 2.11. The average molecular weight is 238 g/mol. The summed E-state index contributed by atoms with van der Waals surface area (Å²) in [5.41, 5.74) is 11.5. The first-order chi connectivity index (χ1) is 8.65. The highest BCUT2D eigenvalue weighted by Crippen LogP contribution is 2.29. The molecule has 3 nitrogen and oxygen atoms in total. The lowest BCUT2D eigenvalue weighted by molar-refractivity contribution is 0.619. The number of anilines is 1. The third kappa shape index (κ3) is 1.64. The van der Waals surface area contributed by atoms with Gasteiger partial charge in [0.05, 0.1) is 0 Å². The smallest absolute Gasteiger partial charge is 0.227 e. The average Bonchev–Trinajstić information content (AvgIpc) is 2.75. The summed E-state index contributed by atoms with van der Waals surface area (Å²) in [6, 6.07) is 11.8. The molecule has 90 valence electrons. The van der Waals surface area contributed by atoms with E-state index in [0.29, 0.717) is 5.89 Å². The molecule has 18 heavy (non-hydrogen) atoms. The number of hydrogen-bond acceptors (Lipinski definition) is 3. The van der Waals surface area contributed by atoms with Crippen LogP contribution in [0.2, 0.25) is 0 Å². The maximum Gasteiger partial charge on any atom is 0.227 e. The lowest BCUT2D eigenvalue weighted by Gasteiger charge is -2.03. The molecule has 3 heteroatoms. The number of benzene rings is 2. The van der Waals surface area contributed by atoms with Crippen LogP contribution in [0.1, 0.15) is 11.1 Å². The number of oxazole rings is 1. The number of hydrogen-bond donors (Lipinski definition) is 1. The molecule has 0 aliphatic rings. The SMILES string of the molecule is Cc1ccc2nc(-c3cccc(N)c3C)oc2c1. The summed E-state index contributed by atoms with van der Waals surface area (Å²) in [6.07, 6.45) is 0. The van der Waals surface area contributed by atoms with E-state index in [0.717, 1.165) is 33.5 Å². The third-order valence-corrected chi connectivity index (χ3v) is 3.15. The maximum absolute atomic E-state index is 5.91. The summed E-state index contributed by atoms with van der Waals surface area (Å²) < 4.78 is 5.80. The largest absolute Gasteiger partial charge is 0.436 e. The Morgan fingerprint density at radius 1 is 1.11 bits per heavy atom. The van der Waals surface area contributed by atoms with Gasteiger partial charge in [0.2, 0.25) is 5.89 Å². The molecular weight excluding hydrogens is 224 g/mol. The summed E-state index contributed by atoms with van der Waals surface area (Å²) in [7, 11) is 0. The summed E-state index contributed by atoms with van der Waals surface area (Å²) in [5.74, 6) is 0.625. The number of nitrogens with two attached hydrogens (primary N) is 1. The van der Waals surface area contributed by atoms with Crippen LogP contribution in [0.15, 0.2) is 40.8 Å². The molecule has 0 atom stereocenters. The van der Waals surface area contributed by atoms with Gasteiger partial charge in [0.15, 0.2) is 5.58 Å². The second-order valence-corrected chi connectivity index (χ2v) is 4.51. The van der Waals surface area contributed by atoms with Crippen molar-refractivity contribution in [2.45, 2.75) is 13.8 Å². The summed E-state index contributed by atoms with van der Waals surface area (Å²) in [4.78, 5) is 4.50. The molecule has 0 aliphatic carbocycles. The lowest BCUT2D eigenvalue weighted by atomic mass is 10.1. The molecule has 3 aromatic rings. The Balaban J connectivity index is 2.22. The first-order valence-electron chi connectivity index (χ1n) is 5.88. The van der Waals surface area contributed by atoms with E-state index in [1.807, 2.05) is 50.2 Å². The van der Waals surface area contributed by atoms with Gasteiger partial charge in [0.1, 0.15) is 5.52 Å². The van der Waals surface area contributed by atoms with Gasteiger partial charge in [0, 0.05) is 11.3 Å². The van der Waals surface area contributed by atoms with Crippen molar-refractivity contribution in [3.63, 3.8) is 0 Å². The van der Waals surface area contributed by atoms with Crippen molar-refractivity contribution in [2.24, 2.45) is 0 Å². The molecule has 2 aromatic carbocycles. The molecule has 0 saturated carbocycles.